The molecule has 3 nitrogen and oxygen atoms in total. The van der Waals surface area contributed by atoms with E-state index < -0.39 is 0 Å². The molecule has 0 aliphatic heterocycles. The van der Waals surface area contributed by atoms with Gasteiger partial charge in [-0.3, -0.25) is 4.79 Å². The van der Waals surface area contributed by atoms with Gasteiger partial charge in [-0.2, -0.15) is 0 Å². The Morgan fingerprint density at radius 2 is 2.14 bits per heavy atom. The second kappa shape index (κ2) is 5.36. The number of aromatic nitrogens is 2. The van der Waals surface area contributed by atoms with Crippen molar-refractivity contribution in [3.05, 3.63) is 62.5 Å². The molecular formula is C18H18N2OS. The van der Waals surface area contributed by atoms with Crippen LogP contribution in [-0.4, -0.2) is 9.97 Å². The van der Waals surface area contributed by atoms with Crippen molar-refractivity contribution in [3.8, 4) is 0 Å². The molecule has 1 atom stereocenters. The van der Waals surface area contributed by atoms with E-state index in [0.717, 1.165) is 28.9 Å². The Morgan fingerprint density at radius 3 is 2.95 bits per heavy atom. The fourth-order valence-corrected chi connectivity index (χ4v) is 4.67. The number of hydrogen-bond acceptors (Lipinski definition) is 3. The third kappa shape index (κ3) is 2.37. The van der Waals surface area contributed by atoms with Crippen LogP contribution < -0.4 is 5.56 Å². The predicted octanol–water partition coefficient (Wildman–Crippen LogP) is 3.70. The summed E-state index contributed by atoms with van der Waals surface area (Å²) in [6.45, 7) is 2.28. The highest BCUT2D eigenvalue weighted by molar-refractivity contribution is 7.18. The lowest BCUT2D eigenvalue weighted by molar-refractivity contribution is 0.509. The molecule has 0 unspecified atom stereocenters. The molecule has 3 aromatic rings. The Hall–Kier alpha value is -1.94. The number of aromatic amines is 1. The average molecular weight is 310 g/mol. The van der Waals surface area contributed by atoms with E-state index >= 15 is 0 Å². The maximum Gasteiger partial charge on any atom is 0.259 e. The van der Waals surface area contributed by atoms with Crippen LogP contribution in [0, 0.1) is 5.92 Å². The van der Waals surface area contributed by atoms with Gasteiger partial charge in [-0.1, -0.05) is 37.3 Å². The first kappa shape index (κ1) is 13.7. The van der Waals surface area contributed by atoms with Gasteiger partial charge in [0.05, 0.1) is 5.39 Å². The molecule has 1 aliphatic carbocycles. The molecule has 0 saturated carbocycles. The molecule has 4 rings (SSSR count). The Labute approximate surface area is 133 Å². The van der Waals surface area contributed by atoms with Gasteiger partial charge in [-0.25, -0.2) is 4.98 Å². The maximum absolute atomic E-state index is 12.5. The van der Waals surface area contributed by atoms with E-state index in [4.69, 9.17) is 4.98 Å². The van der Waals surface area contributed by atoms with Crippen molar-refractivity contribution in [1.82, 2.24) is 9.97 Å². The van der Waals surface area contributed by atoms with Gasteiger partial charge in [0.2, 0.25) is 0 Å². The first-order valence-electron chi connectivity index (χ1n) is 7.78. The molecule has 0 saturated heterocycles. The Balaban J connectivity index is 1.79. The van der Waals surface area contributed by atoms with E-state index in [0.29, 0.717) is 12.3 Å². The van der Waals surface area contributed by atoms with Crippen molar-refractivity contribution in [1.29, 1.82) is 0 Å². The van der Waals surface area contributed by atoms with E-state index in [-0.39, 0.29) is 5.56 Å². The predicted molar refractivity (Wildman–Crippen MR) is 90.7 cm³/mol. The third-order valence-corrected chi connectivity index (χ3v) is 5.58. The van der Waals surface area contributed by atoms with Gasteiger partial charge in [-0.15, -0.1) is 11.3 Å². The normalized spacial score (nSPS) is 17.6. The van der Waals surface area contributed by atoms with Crippen LogP contribution in [0.5, 0.6) is 0 Å². The van der Waals surface area contributed by atoms with Crippen LogP contribution in [0.3, 0.4) is 0 Å². The molecular weight excluding hydrogens is 292 g/mol. The van der Waals surface area contributed by atoms with Crippen LogP contribution in [-0.2, 0) is 19.3 Å². The molecule has 112 valence electrons. The molecule has 0 radical (unpaired) electrons. The van der Waals surface area contributed by atoms with Crippen molar-refractivity contribution in [2.24, 2.45) is 5.92 Å². The number of nitrogens with one attached hydrogen (secondary N) is 1. The molecule has 1 N–H and O–H groups in total. The summed E-state index contributed by atoms with van der Waals surface area (Å²) in [5.74, 6) is 1.47. The topological polar surface area (TPSA) is 45.8 Å². The molecule has 1 aliphatic rings. The lowest BCUT2D eigenvalue weighted by Crippen LogP contribution is -2.14. The van der Waals surface area contributed by atoms with Crippen molar-refractivity contribution in [2.45, 2.75) is 32.6 Å². The van der Waals surface area contributed by atoms with Gasteiger partial charge in [0.15, 0.2) is 0 Å². The summed E-state index contributed by atoms with van der Waals surface area (Å²) in [5.41, 5.74) is 2.45. The minimum atomic E-state index is 0.0305. The number of H-pyrrole nitrogens is 1. The fourth-order valence-electron chi connectivity index (χ4n) is 3.27. The van der Waals surface area contributed by atoms with Crippen molar-refractivity contribution < 1.29 is 0 Å². The van der Waals surface area contributed by atoms with E-state index in [1.165, 1.54) is 22.4 Å². The summed E-state index contributed by atoms with van der Waals surface area (Å²) in [5, 5.41) is 0.837. The number of rotatable bonds is 2. The van der Waals surface area contributed by atoms with Gasteiger partial charge in [0.1, 0.15) is 10.7 Å². The largest absolute Gasteiger partial charge is 0.310 e. The molecule has 22 heavy (non-hydrogen) atoms. The van der Waals surface area contributed by atoms with Crippen LogP contribution in [0.15, 0.2) is 35.1 Å². The highest BCUT2D eigenvalue weighted by atomic mass is 32.1. The van der Waals surface area contributed by atoms with Crippen LogP contribution in [0.2, 0.25) is 0 Å². The highest BCUT2D eigenvalue weighted by Gasteiger charge is 2.22. The van der Waals surface area contributed by atoms with Crippen molar-refractivity contribution in [2.75, 3.05) is 0 Å². The molecule has 0 fully saturated rings. The second-order valence-corrected chi connectivity index (χ2v) is 7.29. The van der Waals surface area contributed by atoms with Gasteiger partial charge >= 0.3 is 0 Å². The first-order valence-corrected chi connectivity index (χ1v) is 8.59. The zero-order valence-corrected chi connectivity index (χ0v) is 13.4. The number of thiophene rings is 1. The lowest BCUT2D eigenvalue weighted by Gasteiger charge is -2.17. The molecule has 0 bridgehead atoms. The van der Waals surface area contributed by atoms with Crippen molar-refractivity contribution >= 4 is 21.6 Å². The molecule has 1 aromatic carbocycles. The van der Waals surface area contributed by atoms with Crippen LogP contribution >= 0.6 is 11.3 Å². The zero-order valence-electron chi connectivity index (χ0n) is 12.6. The summed E-state index contributed by atoms with van der Waals surface area (Å²) < 4.78 is 0. The van der Waals surface area contributed by atoms with Crippen LogP contribution in [0.4, 0.5) is 0 Å². The minimum Gasteiger partial charge on any atom is -0.310 e. The Bertz CT molecular complexity index is 879. The van der Waals surface area contributed by atoms with Gasteiger partial charge in [0.25, 0.3) is 5.56 Å². The average Bonchev–Trinajstić information content (AvgIpc) is 2.85. The number of hydrogen-bond donors (Lipinski definition) is 1. The molecule has 0 spiro atoms. The van der Waals surface area contributed by atoms with Crippen LogP contribution in [0.25, 0.3) is 10.2 Å². The molecule has 2 aromatic heterocycles. The number of aryl methyl sites for hydroxylation is 1. The quantitative estimate of drug-likeness (QED) is 0.784. The van der Waals surface area contributed by atoms with E-state index in [2.05, 4.69) is 24.0 Å². The van der Waals surface area contributed by atoms with Gasteiger partial charge in [0, 0.05) is 11.3 Å². The monoisotopic (exact) mass is 310 g/mol. The molecule has 4 heteroatoms. The first-order chi connectivity index (χ1) is 10.7. The molecule has 0 amide bonds. The minimum absolute atomic E-state index is 0.0305. The standard InChI is InChI=1S/C18H18N2OS/c1-11-7-8-13-14(9-11)22-18-16(13)17(21)19-15(20-18)10-12-5-3-2-4-6-12/h2-6,11H,7-10H2,1H3,(H,19,20,21)/t11-/m1/s1. The Kier molecular flexibility index (Phi) is 3.34. The van der Waals surface area contributed by atoms with Gasteiger partial charge < -0.3 is 4.98 Å². The second-order valence-electron chi connectivity index (χ2n) is 6.21. The molecule has 2 heterocycles. The smallest absolute Gasteiger partial charge is 0.259 e. The van der Waals surface area contributed by atoms with Crippen molar-refractivity contribution in [3.63, 3.8) is 0 Å². The number of nitrogens with zero attached hydrogens (tertiary/aromatic N) is 1. The highest BCUT2D eigenvalue weighted by Crippen LogP contribution is 2.35. The fraction of sp³-hybridized carbons (Fsp3) is 0.333. The Morgan fingerprint density at radius 1 is 1.32 bits per heavy atom. The van der Waals surface area contributed by atoms with Crippen LogP contribution in [0.1, 0.15) is 35.2 Å². The summed E-state index contributed by atoms with van der Waals surface area (Å²) in [4.78, 5) is 22.5. The van der Waals surface area contributed by atoms with E-state index in [9.17, 15) is 4.79 Å². The number of fused-ring (bicyclic) bond motifs is 3. The van der Waals surface area contributed by atoms with E-state index in [1.807, 2.05) is 18.2 Å². The van der Waals surface area contributed by atoms with E-state index in [1.54, 1.807) is 11.3 Å². The van der Waals surface area contributed by atoms with Gasteiger partial charge in [-0.05, 0) is 36.3 Å². The summed E-state index contributed by atoms with van der Waals surface area (Å²) in [6, 6.07) is 10.1. The third-order valence-electron chi connectivity index (χ3n) is 4.43. The summed E-state index contributed by atoms with van der Waals surface area (Å²) in [6.07, 6.45) is 3.94. The summed E-state index contributed by atoms with van der Waals surface area (Å²) >= 11 is 1.71. The lowest BCUT2D eigenvalue weighted by atomic mass is 9.89. The summed E-state index contributed by atoms with van der Waals surface area (Å²) in [7, 11) is 0. The SMILES string of the molecule is C[C@@H]1CCc2c(sc3nc(Cc4ccccc4)[nH]c(=O)c23)C1. The maximum atomic E-state index is 12.5. The number of benzene rings is 1. The zero-order chi connectivity index (χ0) is 15.1.